The first-order valence-electron chi connectivity index (χ1n) is 9.71. The Morgan fingerprint density at radius 2 is 2.07 bits per heavy atom. The van der Waals surface area contributed by atoms with Gasteiger partial charge in [-0.2, -0.15) is 0 Å². The van der Waals surface area contributed by atoms with Gasteiger partial charge in [0.2, 0.25) is 5.91 Å². The normalized spacial score (nSPS) is 23.0. The van der Waals surface area contributed by atoms with Gasteiger partial charge < -0.3 is 19.6 Å². The van der Waals surface area contributed by atoms with Crippen LogP contribution in [-0.2, 0) is 9.59 Å². The second kappa shape index (κ2) is 8.61. The van der Waals surface area contributed by atoms with E-state index < -0.39 is 5.97 Å². The van der Waals surface area contributed by atoms with Crippen molar-refractivity contribution in [1.29, 1.82) is 0 Å². The molecule has 0 radical (unpaired) electrons. The molecule has 1 aromatic rings. The molecule has 3 rings (SSSR count). The summed E-state index contributed by atoms with van der Waals surface area (Å²) < 4.78 is 6.18. The first-order chi connectivity index (χ1) is 13.0. The maximum absolute atomic E-state index is 12.9. The number of nitrogens with zero attached hydrogens (tertiary/aromatic N) is 3. The number of carbonyl (C=O) groups excluding carboxylic acids is 1. The second-order valence-electron chi connectivity index (χ2n) is 7.35. The van der Waals surface area contributed by atoms with Gasteiger partial charge in [0.15, 0.2) is 0 Å². The van der Waals surface area contributed by atoms with Crippen LogP contribution in [0.2, 0.25) is 0 Å². The van der Waals surface area contributed by atoms with E-state index in [9.17, 15) is 9.59 Å². The summed E-state index contributed by atoms with van der Waals surface area (Å²) >= 11 is 0. The van der Waals surface area contributed by atoms with Crippen molar-refractivity contribution in [1.82, 2.24) is 9.80 Å². The van der Waals surface area contributed by atoms with Crippen molar-refractivity contribution in [2.24, 2.45) is 0 Å². The summed E-state index contributed by atoms with van der Waals surface area (Å²) in [5.74, 6) is -0.165. The lowest BCUT2D eigenvalue weighted by molar-refractivity contribution is -0.146. The number of hydrogen-bond donors (Lipinski definition) is 1. The standard InChI is InChI=1S/C20H29N3O4/c1-3-22-13-15(27-18-10-5-4-8-16(18)22)12-21(2)17-9-6-7-11-23(20(17)26)14-19(24)25/h4-5,8,10,15,17H,3,6-7,9,11-14H2,1-2H3,(H,24,25). The molecule has 7 nitrogen and oxygen atoms in total. The summed E-state index contributed by atoms with van der Waals surface area (Å²) in [6, 6.07) is 7.74. The molecular formula is C20H29N3O4. The lowest BCUT2D eigenvalue weighted by Gasteiger charge is -2.38. The minimum atomic E-state index is -0.961. The van der Waals surface area contributed by atoms with E-state index >= 15 is 0 Å². The molecule has 0 aromatic heterocycles. The number of benzene rings is 1. The molecule has 27 heavy (non-hydrogen) atoms. The predicted molar refractivity (Wildman–Crippen MR) is 103 cm³/mol. The van der Waals surface area contributed by atoms with Gasteiger partial charge in [0, 0.05) is 19.6 Å². The van der Waals surface area contributed by atoms with Crippen molar-refractivity contribution in [3.05, 3.63) is 24.3 Å². The molecule has 2 atom stereocenters. The minimum Gasteiger partial charge on any atom is -0.485 e. The number of likely N-dealkylation sites (N-methyl/N-ethyl adjacent to an activating group) is 2. The van der Waals surface area contributed by atoms with Gasteiger partial charge in [-0.15, -0.1) is 0 Å². The highest BCUT2D eigenvalue weighted by Gasteiger charge is 2.33. The number of anilines is 1. The predicted octanol–water partition coefficient (Wildman–Crippen LogP) is 1.67. The number of aliphatic carboxylic acids is 1. The number of hydrogen-bond acceptors (Lipinski definition) is 5. The van der Waals surface area contributed by atoms with Crippen LogP contribution in [0, 0.1) is 0 Å². The maximum Gasteiger partial charge on any atom is 0.323 e. The van der Waals surface area contributed by atoms with Crippen LogP contribution in [0.5, 0.6) is 5.75 Å². The molecule has 0 aliphatic carbocycles. The Bertz CT molecular complexity index is 681. The van der Waals surface area contributed by atoms with Crippen LogP contribution in [0.25, 0.3) is 0 Å². The molecule has 2 heterocycles. The molecule has 0 bridgehead atoms. The van der Waals surface area contributed by atoms with Crippen LogP contribution < -0.4 is 9.64 Å². The van der Waals surface area contributed by atoms with E-state index in [1.807, 2.05) is 30.1 Å². The summed E-state index contributed by atoms with van der Waals surface area (Å²) in [5, 5.41) is 9.08. The molecule has 1 N–H and O–H groups in total. The van der Waals surface area contributed by atoms with Gasteiger partial charge in [-0.25, -0.2) is 0 Å². The van der Waals surface area contributed by atoms with Crippen molar-refractivity contribution in [3.8, 4) is 5.75 Å². The van der Waals surface area contributed by atoms with Gasteiger partial charge >= 0.3 is 5.97 Å². The molecule has 7 heteroatoms. The Morgan fingerprint density at radius 3 is 2.81 bits per heavy atom. The molecule has 2 unspecified atom stereocenters. The highest BCUT2D eigenvalue weighted by atomic mass is 16.5. The van der Waals surface area contributed by atoms with Gasteiger partial charge in [-0.1, -0.05) is 12.1 Å². The number of para-hydroxylation sites is 2. The second-order valence-corrected chi connectivity index (χ2v) is 7.35. The first-order valence-corrected chi connectivity index (χ1v) is 9.71. The van der Waals surface area contributed by atoms with Gasteiger partial charge in [-0.3, -0.25) is 14.5 Å². The van der Waals surface area contributed by atoms with Crippen molar-refractivity contribution in [2.75, 3.05) is 44.7 Å². The minimum absolute atomic E-state index is 0.0335. The van der Waals surface area contributed by atoms with Crippen LogP contribution in [0.1, 0.15) is 26.2 Å². The monoisotopic (exact) mass is 375 g/mol. The number of carboxylic acid groups (broad SMARTS) is 1. The van der Waals surface area contributed by atoms with Crippen LogP contribution >= 0.6 is 0 Å². The van der Waals surface area contributed by atoms with E-state index in [0.29, 0.717) is 13.1 Å². The topological polar surface area (TPSA) is 73.3 Å². The number of fused-ring (bicyclic) bond motifs is 1. The SMILES string of the molecule is CCN1CC(CN(C)C2CCCCN(CC(=O)O)C2=O)Oc2ccccc21. The Labute approximate surface area is 160 Å². The number of amides is 1. The molecule has 1 fully saturated rings. The first kappa shape index (κ1) is 19.5. The summed E-state index contributed by atoms with van der Waals surface area (Å²) in [6.45, 7) is 4.73. The number of ether oxygens (including phenoxy) is 1. The van der Waals surface area contributed by atoms with Crippen molar-refractivity contribution < 1.29 is 19.4 Å². The van der Waals surface area contributed by atoms with Crippen LogP contribution in [0.4, 0.5) is 5.69 Å². The van der Waals surface area contributed by atoms with Gasteiger partial charge in [-0.05, 0) is 45.4 Å². The smallest absolute Gasteiger partial charge is 0.323 e. The quantitative estimate of drug-likeness (QED) is 0.815. The Hall–Kier alpha value is -2.28. The molecule has 1 amide bonds. The number of carboxylic acids is 1. The van der Waals surface area contributed by atoms with Gasteiger partial charge in [0.1, 0.15) is 18.4 Å². The molecule has 1 aromatic carbocycles. The number of rotatable bonds is 6. The van der Waals surface area contributed by atoms with E-state index in [2.05, 4.69) is 17.9 Å². The van der Waals surface area contributed by atoms with Crippen molar-refractivity contribution in [2.45, 2.75) is 38.3 Å². The molecule has 1 saturated heterocycles. The zero-order valence-corrected chi connectivity index (χ0v) is 16.1. The average molecular weight is 375 g/mol. The fraction of sp³-hybridized carbons (Fsp3) is 0.600. The average Bonchev–Trinajstić information content (AvgIpc) is 2.82. The largest absolute Gasteiger partial charge is 0.485 e. The third kappa shape index (κ3) is 4.53. The molecule has 0 spiro atoms. The van der Waals surface area contributed by atoms with Crippen LogP contribution in [0.3, 0.4) is 0 Å². The Kier molecular flexibility index (Phi) is 6.21. The van der Waals surface area contributed by atoms with Gasteiger partial charge in [0.25, 0.3) is 0 Å². The zero-order chi connectivity index (χ0) is 19.4. The van der Waals surface area contributed by atoms with E-state index in [1.54, 1.807) is 0 Å². The highest BCUT2D eigenvalue weighted by molar-refractivity contribution is 5.85. The molecule has 2 aliphatic heterocycles. The van der Waals surface area contributed by atoms with E-state index in [-0.39, 0.29) is 24.6 Å². The highest BCUT2D eigenvalue weighted by Crippen LogP contribution is 2.33. The summed E-state index contributed by atoms with van der Waals surface area (Å²) in [4.78, 5) is 29.7. The Morgan fingerprint density at radius 1 is 1.30 bits per heavy atom. The molecule has 2 aliphatic rings. The van der Waals surface area contributed by atoms with Crippen molar-refractivity contribution >= 4 is 17.6 Å². The zero-order valence-electron chi connectivity index (χ0n) is 16.1. The summed E-state index contributed by atoms with van der Waals surface area (Å²) in [6.07, 6.45) is 2.49. The van der Waals surface area contributed by atoms with Crippen LogP contribution in [-0.4, -0.2) is 78.7 Å². The Balaban J connectivity index is 1.68. The van der Waals surface area contributed by atoms with Gasteiger partial charge in [0.05, 0.1) is 18.3 Å². The third-order valence-electron chi connectivity index (χ3n) is 5.41. The fourth-order valence-electron chi connectivity index (χ4n) is 4.04. The van der Waals surface area contributed by atoms with Crippen molar-refractivity contribution in [3.63, 3.8) is 0 Å². The number of carbonyl (C=O) groups is 2. The van der Waals surface area contributed by atoms with E-state index in [4.69, 9.17) is 9.84 Å². The molecular weight excluding hydrogens is 346 g/mol. The molecule has 148 valence electrons. The maximum atomic E-state index is 12.9. The van der Waals surface area contributed by atoms with E-state index in [1.165, 1.54) is 4.90 Å². The molecule has 0 saturated carbocycles. The third-order valence-corrected chi connectivity index (χ3v) is 5.41. The lowest BCUT2D eigenvalue weighted by Crippen LogP contribution is -2.52. The summed E-state index contributed by atoms with van der Waals surface area (Å²) in [7, 11) is 1.94. The van der Waals surface area contributed by atoms with E-state index in [0.717, 1.165) is 43.8 Å². The lowest BCUT2D eigenvalue weighted by atomic mass is 10.1. The summed E-state index contributed by atoms with van der Waals surface area (Å²) in [5.41, 5.74) is 1.11. The number of likely N-dealkylation sites (tertiary alicyclic amines) is 1. The van der Waals surface area contributed by atoms with Crippen LogP contribution in [0.15, 0.2) is 24.3 Å². The fourth-order valence-corrected chi connectivity index (χ4v) is 4.04.